The minimum Gasteiger partial charge on any atom is -0.383 e. The second-order valence-corrected chi connectivity index (χ2v) is 8.99. The van der Waals surface area contributed by atoms with Gasteiger partial charge in [0.1, 0.15) is 5.82 Å². The number of nitrogen functional groups attached to an aromatic ring is 2. The van der Waals surface area contributed by atoms with Gasteiger partial charge in [-0.1, -0.05) is 36.4 Å². The molecule has 5 rings (SSSR count). The van der Waals surface area contributed by atoms with Crippen LogP contribution >= 0.6 is 0 Å². The van der Waals surface area contributed by atoms with Gasteiger partial charge in [0, 0.05) is 0 Å². The second-order valence-electron chi connectivity index (χ2n) is 7.13. The average molecular weight is 421 g/mol. The van der Waals surface area contributed by atoms with Crippen LogP contribution in [0.4, 0.5) is 17.5 Å². The lowest BCUT2D eigenvalue weighted by molar-refractivity contribution is 0.456. The molecule has 1 aliphatic heterocycles. The molecule has 1 atom stereocenters. The van der Waals surface area contributed by atoms with Gasteiger partial charge < -0.3 is 11.5 Å². The van der Waals surface area contributed by atoms with Crippen molar-refractivity contribution in [3.8, 4) is 0 Å². The molecule has 0 spiro atoms. The highest BCUT2D eigenvalue weighted by Crippen LogP contribution is 2.36. The van der Waals surface area contributed by atoms with Crippen molar-refractivity contribution >= 4 is 38.5 Å². The lowest BCUT2D eigenvalue weighted by Crippen LogP contribution is -2.41. The number of hydrogen-bond acceptors (Lipinski definition) is 7. The van der Waals surface area contributed by atoms with Crippen LogP contribution in [0.3, 0.4) is 0 Å². The van der Waals surface area contributed by atoms with Crippen molar-refractivity contribution in [1.82, 2.24) is 19.7 Å². The molecule has 0 aliphatic carbocycles. The Morgan fingerprint density at radius 2 is 1.70 bits per heavy atom. The zero-order chi connectivity index (χ0) is 20.9. The molecule has 1 aliphatic rings. The van der Waals surface area contributed by atoms with Crippen LogP contribution in [0.2, 0.25) is 0 Å². The topological polar surface area (TPSA) is 133 Å². The van der Waals surface area contributed by atoms with E-state index in [9.17, 15) is 8.42 Å². The molecular formula is C20H19N7O2S. The Morgan fingerprint density at radius 1 is 0.967 bits per heavy atom. The van der Waals surface area contributed by atoms with E-state index in [-0.39, 0.29) is 29.2 Å². The van der Waals surface area contributed by atoms with Crippen LogP contribution in [-0.4, -0.2) is 34.7 Å². The van der Waals surface area contributed by atoms with Gasteiger partial charge in [-0.2, -0.15) is 15.1 Å². The third-order valence-electron chi connectivity index (χ3n) is 5.27. The molecule has 2 aromatic heterocycles. The second kappa shape index (κ2) is 6.70. The van der Waals surface area contributed by atoms with E-state index in [4.69, 9.17) is 11.5 Å². The number of para-hydroxylation sites is 1. The van der Waals surface area contributed by atoms with Crippen molar-refractivity contribution in [3.63, 3.8) is 0 Å². The van der Waals surface area contributed by atoms with E-state index in [0.29, 0.717) is 23.1 Å². The van der Waals surface area contributed by atoms with E-state index in [1.807, 2.05) is 24.3 Å². The molecule has 30 heavy (non-hydrogen) atoms. The number of sulfonamides is 1. The van der Waals surface area contributed by atoms with Gasteiger partial charge in [-0.15, -0.1) is 0 Å². The molecule has 0 fully saturated rings. The smallest absolute Gasteiger partial charge is 0.264 e. The van der Waals surface area contributed by atoms with Gasteiger partial charge in [-0.05, 0) is 30.2 Å². The highest BCUT2D eigenvalue weighted by atomic mass is 32.2. The zero-order valence-electron chi connectivity index (χ0n) is 15.9. The Balaban J connectivity index is 1.64. The van der Waals surface area contributed by atoms with Crippen molar-refractivity contribution < 1.29 is 8.42 Å². The van der Waals surface area contributed by atoms with Gasteiger partial charge in [0.2, 0.25) is 5.95 Å². The van der Waals surface area contributed by atoms with Crippen molar-refractivity contribution in [1.29, 1.82) is 0 Å². The van der Waals surface area contributed by atoms with Crippen molar-refractivity contribution in [2.24, 2.45) is 0 Å². The molecule has 0 radical (unpaired) electrons. The third-order valence-corrected chi connectivity index (χ3v) is 7.06. The van der Waals surface area contributed by atoms with Crippen molar-refractivity contribution in [2.45, 2.75) is 17.4 Å². The van der Waals surface area contributed by atoms with Crippen LogP contribution in [0.25, 0.3) is 11.0 Å². The molecular weight excluding hydrogens is 402 g/mol. The first-order valence-electron chi connectivity index (χ1n) is 9.37. The van der Waals surface area contributed by atoms with Crippen LogP contribution in [0.1, 0.15) is 11.6 Å². The fraction of sp³-hybridized carbons (Fsp3) is 0.150. The number of aromatic nitrogens is 4. The number of anilines is 3. The summed E-state index contributed by atoms with van der Waals surface area (Å²) in [5, 5.41) is 5.02. The van der Waals surface area contributed by atoms with Gasteiger partial charge in [0.15, 0.2) is 5.65 Å². The maximum atomic E-state index is 13.5. The number of nitrogens with two attached hydrogens (primary N) is 2. The molecule has 3 heterocycles. The minimum absolute atomic E-state index is 0.0479. The quantitative estimate of drug-likeness (QED) is 0.517. The summed E-state index contributed by atoms with van der Waals surface area (Å²) >= 11 is 0. The standard InChI is InChI=1S/C20H19N7O2S/c21-18-16-11-23-27(19(16)25-20(22)24-18)14-10-13-6-4-5-9-17(13)26(12-14)30(28,29)15-7-2-1-3-8-15/h1-9,11,14H,10,12H2,(H4,21,22,24,25). The van der Waals surface area contributed by atoms with E-state index >= 15 is 0 Å². The maximum absolute atomic E-state index is 13.5. The van der Waals surface area contributed by atoms with Crippen molar-refractivity contribution in [3.05, 3.63) is 66.4 Å². The summed E-state index contributed by atoms with van der Waals surface area (Å²) in [6, 6.07) is 15.6. The lowest BCUT2D eigenvalue weighted by Gasteiger charge is -2.35. The molecule has 0 saturated carbocycles. The normalized spacial score (nSPS) is 16.5. The largest absolute Gasteiger partial charge is 0.383 e. The van der Waals surface area contributed by atoms with Crippen molar-refractivity contribution in [2.75, 3.05) is 22.3 Å². The lowest BCUT2D eigenvalue weighted by atomic mass is 10.00. The summed E-state index contributed by atoms with van der Waals surface area (Å²) in [4.78, 5) is 8.50. The molecule has 152 valence electrons. The Labute approximate surface area is 173 Å². The van der Waals surface area contributed by atoms with Gasteiger partial charge in [-0.25, -0.2) is 13.1 Å². The number of hydrogen-bond donors (Lipinski definition) is 2. The number of rotatable bonds is 3. The molecule has 0 amide bonds. The van der Waals surface area contributed by atoms with Gasteiger partial charge >= 0.3 is 0 Å². The summed E-state index contributed by atoms with van der Waals surface area (Å²) in [5.41, 5.74) is 13.8. The molecule has 10 heteroatoms. The SMILES string of the molecule is Nc1nc(N)c2cnn(C3Cc4ccccc4N(S(=O)(=O)c4ccccc4)C3)c2n1. The highest BCUT2D eigenvalue weighted by Gasteiger charge is 2.35. The average Bonchev–Trinajstić information content (AvgIpc) is 3.17. The van der Waals surface area contributed by atoms with Crippen LogP contribution in [0, 0.1) is 0 Å². The van der Waals surface area contributed by atoms with E-state index in [0.717, 1.165) is 5.56 Å². The summed E-state index contributed by atoms with van der Waals surface area (Å²) in [6.07, 6.45) is 2.18. The van der Waals surface area contributed by atoms with Crippen LogP contribution < -0.4 is 15.8 Å². The highest BCUT2D eigenvalue weighted by molar-refractivity contribution is 7.92. The molecule has 0 bridgehead atoms. The fourth-order valence-electron chi connectivity index (χ4n) is 3.88. The van der Waals surface area contributed by atoms with Crippen LogP contribution in [-0.2, 0) is 16.4 Å². The molecule has 9 nitrogen and oxygen atoms in total. The van der Waals surface area contributed by atoms with Gasteiger partial charge in [0.05, 0.1) is 34.8 Å². The molecule has 2 aromatic carbocycles. The predicted octanol–water partition coefficient (Wildman–Crippen LogP) is 1.98. The first-order valence-corrected chi connectivity index (χ1v) is 10.8. The van der Waals surface area contributed by atoms with Crippen LogP contribution in [0.5, 0.6) is 0 Å². The van der Waals surface area contributed by atoms with Gasteiger partial charge in [0.25, 0.3) is 10.0 Å². The monoisotopic (exact) mass is 421 g/mol. The summed E-state index contributed by atoms with van der Waals surface area (Å²) in [7, 11) is -3.76. The van der Waals surface area contributed by atoms with E-state index < -0.39 is 10.0 Å². The Kier molecular flexibility index (Phi) is 4.10. The third kappa shape index (κ3) is 2.84. The molecule has 0 saturated heterocycles. The van der Waals surface area contributed by atoms with Crippen LogP contribution in [0.15, 0.2) is 65.7 Å². The number of benzene rings is 2. The first-order chi connectivity index (χ1) is 14.4. The summed E-state index contributed by atoms with van der Waals surface area (Å²) in [5.74, 6) is 0.292. The Bertz CT molecular complexity index is 1350. The Morgan fingerprint density at radius 3 is 2.50 bits per heavy atom. The zero-order valence-corrected chi connectivity index (χ0v) is 16.7. The number of fused-ring (bicyclic) bond motifs is 2. The number of nitrogens with zero attached hydrogens (tertiary/aromatic N) is 5. The Hall–Kier alpha value is -3.66. The minimum atomic E-state index is -3.76. The van der Waals surface area contributed by atoms with Gasteiger partial charge in [-0.3, -0.25) is 4.31 Å². The van der Waals surface area contributed by atoms with E-state index in [1.54, 1.807) is 41.2 Å². The predicted molar refractivity (Wildman–Crippen MR) is 114 cm³/mol. The molecule has 4 aromatic rings. The maximum Gasteiger partial charge on any atom is 0.264 e. The summed E-state index contributed by atoms with van der Waals surface area (Å²) < 4.78 is 30.1. The summed E-state index contributed by atoms with van der Waals surface area (Å²) in [6.45, 7) is 0.203. The molecule has 4 N–H and O–H groups in total. The fourth-order valence-corrected chi connectivity index (χ4v) is 5.44. The van der Waals surface area contributed by atoms with E-state index in [2.05, 4.69) is 15.1 Å². The van der Waals surface area contributed by atoms with E-state index in [1.165, 1.54) is 4.31 Å². The molecule has 1 unspecified atom stereocenters. The first kappa shape index (κ1) is 18.4.